The lowest BCUT2D eigenvalue weighted by atomic mass is 9.95. The molecule has 1 amide bonds. The maximum atomic E-state index is 12.4. The van der Waals surface area contributed by atoms with Gasteiger partial charge < -0.3 is 14.0 Å². The molecule has 7 heteroatoms. The molecule has 0 radical (unpaired) electrons. The Balaban J connectivity index is 2.40. The number of aromatic nitrogens is 1. The van der Waals surface area contributed by atoms with Gasteiger partial charge in [-0.15, -0.1) is 0 Å². The molecular formula is C16H22N2O5. The number of esters is 1. The minimum Gasteiger partial charge on any atom is -0.467 e. The van der Waals surface area contributed by atoms with Crippen molar-refractivity contribution in [1.82, 2.24) is 9.47 Å². The molecule has 0 aromatic carbocycles. The van der Waals surface area contributed by atoms with E-state index in [1.165, 1.54) is 16.6 Å². The molecule has 2 rings (SSSR count). The predicted octanol–water partition coefficient (Wildman–Crippen LogP) is 1.22. The summed E-state index contributed by atoms with van der Waals surface area (Å²) in [5.41, 5.74) is 0.412. The van der Waals surface area contributed by atoms with Crippen LogP contribution >= 0.6 is 0 Å². The lowest BCUT2D eigenvalue weighted by Crippen LogP contribution is -2.52. The zero-order valence-corrected chi connectivity index (χ0v) is 14.1. The Bertz CT molecular complexity index is 687. The first kappa shape index (κ1) is 17.1. The first-order valence-electron chi connectivity index (χ1n) is 7.39. The Morgan fingerprint density at radius 3 is 2.52 bits per heavy atom. The number of hydrogen-bond donors (Lipinski definition) is 0. The predicted molar refractivity (Wildman–Crippen MR) is 83.0 cm³/mol. The van der Waals surface area contributed by atoms with E-state index in [-0.39, 0.29) is 18.5 Å². The molecule has 0 aliphatic carbocycles. The van der Waals surface area contributed by atoms with Crippen LogP contribution in [-0.2, 0) is 34.3 Å². The van der Waals surface area contributed by atoms with Crippen molar-refractivity contribution in [2.24, 2.45) is 7.05 Å². The van der Waals surface area contributed by atoms with E-state index in [1.807, 2.05) is 0 Å². The highest BCUT2D eigenvalue weighted by atomic mass is 16.6. The summed E-state index contributed by atoms with van der Waals surface area (Å²) in [7, 11) is 2.91. The van der Waals surface area contributed by atoms with Gasteiger partial charge in [-0.2, -0.15) is 0 Å². The van der Waals surface area contributed by atoms with Crippen LogP contribution in [0.1, 0.15) is 31.9 Å². The molecule has 1 aromatic heterocycles. The molecule has 0 N–H and O–H groups in total. The summed E-state index contributed by atoms with van der Waals surface area (Å²) in [6.07, 6.45) is 1.17. The molecule has 1 unspecified atom stereocenters. The molecule has 0 spiro atoms. The summed E-state index contributed by atoms with van der Waals surface area (Å²) in [6, 6.07) is 0.916. The first-order valence-corrected chi connectivity index (χ1v) is 7.39. The first-order chi connectivity index (χ1) is 10.6. The molecule has 1 atom stereocenters. The molecule has 2 heterocycles. The molecule has 0 bridgehead atoms. The van der Waals surface area contributed by atoms with E-state index in [0.717, 1.165) is 5.56 Å². The summed E-state index contributed by atoms with van der Waals surface area (Å²) in [4.78, 5) is 38.1. The average Bonchev–Trinajstić information content (AvgIpc) is 2.47. The zero-order valence-electron chi connectivity index (χ0n) is 14.1. The van der Waals surface area contributed by atoms with Crippen LogP contribution in [0.4, 0.5) is 4.79 Å². The van der Waals surface area contributed by atoms with E-state index in [0.29, 0.717) is 5.56 Å². The van der Waals surface area contributed by atoms with Crippen molar-refractivity contribution < 1.29 is 19.1 Å². The van der Waals surface area contributed by atoms with Gasteiger partial charge in [0.2, 0.25) is 0 Å². The Kier molecular flexibility index (Phi) is 4.49. The van der Waals surface area contributed by atoms with E-state index in [9.17, 15) is 14.4 Å². The fourth-order valence-electron chi connectivity index (χ4n) is 2.54. The number of carbonyl (C=O) groups is 2. The average molecular weight is 322 g/mol. The monoisotopic (exact) mass is 322 g/mol. The largest absolute Gasteiger partial charge is 0.467 e. The highest BCUT2D eigenvalue weighted by molar-refractivity contribution is 5.82. The molecular weight excluding hydrogens is 300 g/mol. The van der Waals surface area contributed by atoms with Crippen LogP contribution < -0.4 is 5.56 Å². The van der Waals surface area contributed by atoms with Crippen LogP contribution in [0, 0.1) is 0 Å². The summed E-state index contributed by atoms with van der Waals surface area (Å²) in [5.74, 6) is -0.563. The van der Waals surface area contributed by atoms with Crippen LogP contribution in [0.15, 0.2) is 17.1 Å². The van der Waals surface area contributed by atoms with Crippen molar-refractivity contribution in [3.8, 4) is 0 Å². The lowest BCUT2D eigenvalue weighted by Gasteiger charge is -2.35. The van der Waals surface area contributed by atoms with Crippen LogP contribution in [0.5, 0.6) is 0 Å². The fraction of sp³-hybridized carbons (Fsp3) is 0.562. The maximum absolute atomic E-state index is 12.4. The lowest BCUT2D eigenvalue weighted by molar-refractivity contribution is -0.147. The number of ether oxygens (including phenoxy) is 2. The second-order valence-corrected chi connectivity index (χ2v) is 6.59. The number of aryl methyl sites for hydroxylation is 1. The van der Waals surface area contributed by atoms with Crippen LogP contribution in [0.25, 0.3) is 0 Å². The van der Waals surface area contributed by atoms with Crippen LogP contribution in [0.3, 0.4) is 0 Å². The number of fused-ring (bicyclic) bond motifs is 1. The number of pyridine rings is 1. The van der Waals surface area contributed by atoms with Crippen molar-refractivity contribution in [2.75, 3.05) is 7.11 Å². The molecule has 1 aliphatic rings. The molecule has 1 aromatic rings. The number of methoxy groups -OCH3 is 1. The van der Waals surface area contributed by atoms with Gasteiger partial charge in [0.15, 0.2) is 0 Å². The maximum Gasteiger partial charge on any atom is 0.411 e. The van der Waals surface area contributed by atoms with Gasteiger partial charge in [0.1, 0.15) is 11.6 Å². The molecule has 126 valence electrons. The zero-order chi connectivity index (χ0) is 17.4. The number of amides is 1. The highest BCUT2D eigenvalue weighted by Gasteiger charge is 2.38. The third-order valence-electron chi connectivity index (χ3n) is 3.68. The normalized spacial score (nSPS) is 17.4. The summed E-state index contributed by atoms with van der Waals surface area (Å²) in [6.45, 7) is 5.41. The van der Waals surface area contributed by atoms with Gasteiger partial charge in [-0.25, -0.2) is 9.59 Å². The van der Waals surface area contributed by atoms with Gasteiger partial charge in [0.25, 0.3) is 5.56 Å². The van der Waals surface area contributed by atoms with Crippen LogP contribution in [0.2, 0.25) is 0 Å². The van der Waals surface area contributed by atoms with E-state index < -0.39 is 23.7 Å². The highest BCUT2D eigenvalue weighted by Crippen LogP contribution is 2.24. The Labute approximate surface area is 134 Å². The molecule has 23 heavy (non-hydrogen) atoms. The third-order valence-corrected chi connectivity index (χ3v) is 3.68. The van der Waals surface area contributed by atoms with Crippen molar-refractivity contribution in [3.63, 3.8) is 0 Å². The summed E-state index contributed by atoms with van der Waals surface area (Å²) >= 11 is 0. The Morgan fingerprint density at radius 2 is 1.96 bits per heavy atom. The fourth-order valence-corrected chi connectivity index (χ4v) is 2.54. The summed E-state index contributed by atoms with van der Waals surface area (Å²) < 4.78 is 11.6. The SMILES string of the molecule is COC(=O)C1Cc2c(ccn(C)c2=O)CN1C(=O)OC(C)(C)C. The van der Waals surface area contributed by atoms with E-state index in [1.54, 1.807) is 40.1 Å². The van der Waals surface area contributed by atoms with Crippen molar-refractivity contribution in [2.45, 2.75) is 45.4 Å². The van der Waals surface area contributed by atoms with E-state index in [4.69, 9.17) is 9.47 Å². The molecule has 1 aliphatic heterocycles. The number of hydrogen-bond acceptors (Lipinski definition) is 5. The third kappa shape index (κ3) is 3.55. The standard InChI is InChI=1S/C16H22N2O5/c1-16(2,3)23-15(21)18-9-10-6-7-17(4)13(19)11(10)8-12(18)14(20)22-5/h6-7,12H,8-9H2,1-5H3. The quantitative estimate of drug-likeness (QED) is 0.727. The van der Waals surface area contributed by atoms with Gasteiger partial charge in [0, 0.05) is 25.2 Å². The number of rotatable bonds is 1. The van der Waals surface area contributed by atoms with Crippen molar-refractivity contribution >= 4 is 12.1 Å². The number of nitrogens with zero attached hydrogens (tertiary/aromatic N) is 2. The molecule has 0 saturated heterocycles. The molecule has 0 fully saturated rings. The van der Waals surface area contributed by atoms with Crippen molar-refractivity contribution in [3.05, 3.63) is 33.7 Å². The van der Waals surface area contributed by atoms with E-state index in [2.05, 4.69) is 0 Å². The Morgan fingerprint density at radius 1 is 1.30 bits per heavy atom. The van der Waals surface area contributed by atoms with Gasteiger partial charge in [0.05, 0.1) is 13.7 Å². The van der Waals surface area contributed by atoms with Gasteiger partial charge >= 0.3 is 12.1 Å². The topological polar surface area (TPSA) is 77.8 Å². The summed E-state index contributed by atoms with van der Waals surface area (Å²) in [5, 5.41) is 0. The van der Waals surface area contributed by atoms with Gasteiger partial charge in [-0.3, -0.25) is 9.69 Å². The van der Waals surface area contributed by atoms with Gasteiger partial charge in [-0.1, -0.05) is 0 Å². The van der Waals surface area contributed by atoms with Gasteiger partial charge in [-0.05, 0) is 32.4 Å². The molecule has 0 saturated carbocycles. The number of carbonyl (C=O) groups excluding carboxylic acids is 2. The molecule has 7 nitrogen and oxygen atoms in total. The Hall–Kier alpha value is -2.31. The second-order valence-electron chi connectivity index (χ2n) is 6.59. The van der Waals surface area contributed by atoms with E-state index >= 15 is 0 Å². The van der Waals surface area contributed by atoms with Crippen molar-refractivity contribution in [1.29, 1.82) is 0 Å². The second kappa shape index (κ2) is 6.06. The minimum absolute atomic E-state index is 0.120. The minimum atomic E-state index is -0.863. The van der Waals surface area contributed by atoms with Crippen LogP contribution in [-0.4, -0.2) is 40.3 Å². The smallest absolute Gasteiger partial charge is 0.411 e.